The number of esters is 1. The predicted molar refractivity (Wildman–Crippen MR) is 56.8 cm³/mol. The second-order valence-corrected chi connectivity index (χ2v) is 3.21. The minimum absolute atomic E-state index is 0.157. The van der Waals surface area contributed by atoms with Gasteiger partial charge in [0.05, 0.1) is 13.5 Å². The fraction of sp³-hybridized carbons (Fsp3) is 0.250. The summed E-state index contributed by atoms with van der Waals surface area (Å²) >= 11 is 0. The summed E-state index contributed by atoms with van der Waals surface area (Å²) in [6.07, 6.45) is 3.33. The predicted octanol–water partition coefficient (Wildman–Crippen LogP) is 2.71. The van der Waals surface area contributed by atoms with Crippen LogP contribution in [0.1, 0.15) is 17.5 Å². The molecule has 0 unspecified atom stereocenters. The van der Waals surface area contributed by atoms with Gasteiger partial charge in [-0.15, -0.1) is 0 Å². The standard InChI is InChI=1S/C12H13FO2/c1-9-6-7-11(13)10(8-9)4-3-5-12(14)15-2/h3-4,6-8H,5H2,1-2H3/b4-3-. The zero-order valence-electron chi connectivity index (χ0n) is 8.79. The third kappa shape index (κ3) is 3.54. The number of halogens is 1. The van der Waals surface area contributed by atoms with Crippen LogP contribution in [0.15, 0.2) is 24.3 Å². The van der Waals surface area contributed by atoms with E-state index >= 15 is 0 Å². The summed E-state index contributed by atoms with van der Waals surface area (Å²) in [5, 5.41) is 0. The highest BCUT2D eigenvalue weighted by molar-refractivity contribution is 5.72. The molecule has 0 N–H and O–H groups in total. The van der Waals surface area contributed by atoms with Gasteiger partial charge in [-0.1, -0.05) is 23.8 Å². The Balaban J connectivity index is 2.71. The van der Waals surface area contributed by atoms with Gasteiger partial charge in [0.1, 0.15) is 5.82 Å². The van der Waals surface area contributed by atoms with Gasteiger partial charge in [-0.3, -0.25) is 4.79 Å². The molecule has 0 radical (unpaired) electrons. The van der Waals surface area contributed by atoms with Crippen molar-refractivity contribution >= 4 is 12.0 Å². The molecule has 0 atom stereocenters. The molecule has 0 bridgehead atoms. The summed E-state index contributed by atoms with van der Waals surface area (Å²) in [5.41, 5.74) is 1.47. The summed E-state index contributed by atoms with van der Waals surface area (Å²) in [6, 6.07) is 4.84. The molecule has 1 aromatic rings. The van der Waals surface area contributed by atoms with E-state index < -0.39 is 0 Å². The molecule has 0 aromatic heterocycles. The molecule has 0 amide bonds. The Labute approximate surface area is 88.4 Å². The first-order chi connectivity index (χ1) is 7.13. The van der Waals surface area contributed by atoms with E-state index in [0.29, 0.717) is 5.56 Å². The molecule has 0 saturated carbocycles. The molecule has 0 aliphatic carbocycles. The van der Waals surface area contributed by atoms with Gasteiger partial charge in [0.2, 0.25) is 0 Å². The molecule has 0 aliphatic rings. The number of benzene rings is 1. The van der Waals surface area contributed by atoms with Crippen molar-refractivity contribution in [2.75, 3.05) is 7.11 Å². The van der Waals surface area contributed by atoms with Gasteiger partial charge in [-0.25, -0.2) is 4.39 Å². The minimum atomic E-state index is -0.334. The maximum atomic E-state index is 13.2. The first-order valence-electron chi connectivity index (χ1n) is 4.63. The van der Waals surface area contributed by atoms with Crippen molar-refractivity contribution in [3.63, 3.8) is 0 Å². The fourth-order valence-electron chi connectivity index (χ4n) is 1.16. The van der Waals surface area contributed by atoms with Crippen LogP contribution in [-0.2, 0) is 9.53 Å². The molecule has 0 fully saturated rings. The normalized spacial score (nSPS) is 10.6. The monoisotopic (exact) mass is 208 g/mol. The topological polar surface area (TPSA) is 26.3 Å². The minimum Gasteiger partial charge on any atom is -0.469 e. The van der Waals surface area contributed by atoms with Crippen LogP contribution in [0.5, 0.6) is 0 Å². The Morgan fingerprint density at radius 3 is 2.93 bits per heavy atom. The second-order valence-electron chi connectivity index (χ2n) is 3.21. The van der Waals surface area contributed by atoms with Crippen LogP contribution >= 0.6 is 0 Å². The highest BCUT2D eigenvalue weighted by atomic mass is 19.1. The summed E-state index contributed by atoms with van der Waals surface area (Å²) < 4.78 is 17.7. The molecular weight excluding hydrogens is 195 g/mol. The van der Waals surface area contributed by atoms with E-state index in [9.17, 15) is 9.18 Å². The van der Waals surface area contributed by atoms with Crippen LogP contribution in [0.2, 0.25) is 0 Å². The van der Waals surface area contributed by atoms with Crippen LogP contribution in [0.4, 0.5) is 4.39 Å². The van der Waals surface area contributed by atoms with E-state index in [1.165, 1.54) is 13.2 Å². The summed E-state index contributed by atoms with van der Waals surface area (Å²) in [5.74, 6) is -0.624. The highest BCUT2D eigenvalue weighted by Crippen LogP contribution is 2.11. The van der Waals surface area contributed by atoms with E-state index in [-0.39, 0.29) is 18.2 Å². The van der Waals surface area contributed by atoms with Gasteiger partial charge in [-0.2, -0.15) is 0 Å². The Morgan fingerprint density at radius 2 is 2.27 bits per heavy atom. The zero-order chi connectivity index (χ0) is 11.3. The van der Waals surface area contributed by atoms with Gasteiger partial charge in [-0.05, 0) is 19.1 Å². The van der Waals surface area contributed by atoms with E-state index in [4.69, 9.17) is 0 Å². The SMILES string of the molecule is COC(=O)C/C=C\c1cc(C)ccc1F. The van der Waals surface area contributed by atoms with E-state index in [2.05, 4.69) is 4.74 Å². The number of hydrogen-bond donors (Lipinski definition) is 0. The van der Waals surface area contributed by atoms with Crippen LogP contribution < -0.4 is 0 Å². The van der Waals surface area contributed by atoms with Crippen LogP contribution in [0.25, 0.3) is 6.08 Å². The molecule has 0 aliphatic heterocycles. The number of ether oxygens (including phenoxy) is 1. The number of methoxy groups -OCH3 is 1. The van der Waals surface area contributed by atoms with Crippen LogP contribution in [0, 0.1) is 12.7 Å². The average Bonchev–Trinajstić information content (AvgIpc) is 2.23. The molecule has 1 rings (SSSR count). The largest absolute Gasteiger partial charge is 0.469 e. The maximum absolute atomic E-state index is 13.2. The Hall–Kier alpha value is -1.64. The number of hydrogen-bond acceptors (Lipinski definition) is 2. The molecule has 2 nitrogen and oxygen atoms in total. The molecule has 3 heteroatoms. The lowest BCUT2D eigenvalue weighted by Crippen LogP contribution is -1.96. The number of aryl methyl sites for hydroxylation is 1. The smallest absolute Gasteiger partial charge is 0.309 e. The van der Waals surface area contributed by atoms with Crippen molar-refractivity contribution in [3.05, 3.63) is 41.2 Å². The quantitative estimate of drug-likeness (QED) is 0.714. The Bertz CT molecular complexity index is 383. The Kier molecular flexibility index (Phi) is 4.03. The fourth-order valence-corrected chi connectivity index (χ4v) is 1.16. The van der Waals surface area contributed by atoms with Crippen molar-refractivity contribution in [1.29, 1.82) is 0 Å². The third-order valence-electron chi connectivity index (χ3n) is 1.96. The molecule has 80 valence electrons. The lowest BCUT2D eigenvalue weighted by Gasteiger charge is -1.98. The lowest BCUT2D eigenvalue weighted by molar-refractivity contribution is -0.139. The summed E-state index contributed by atoms with van der Waals surface area (Å²) in [4.78, 5) is 10.8. The van der Waals surface area contributed by atoms with Crippen molar-refractivity contribution in [1.82, 2.24) is 0 Å². The second kappa shape index (κ2) is 5.29. The first-order valence-corrected chi connectivity index (χ1v) is 4.63. The van der Waals surface area contributed by atoms with Crippen molar-refractivity contribution in [2.24, 2.45) is 0 Å². The molecular formula is C12H13FO2. The molecule has 0 heterocycles. The molecule has 1 aromatic carbocycles. The van der Waals surface area contributed by atoms with Gasteiger partial charge in [0, 0.05) is 5.56 Å². The van der Waals surface area contributed by atoms with Crippen molar-refractivity contribution < 1.29 is 13.9 Å². The summed E-state index contributed by atoms with van der Waals surface area (Å²) in [7, 11) is 1.32. The lowest BCUT2D eigenvalue weighted by atomic mass is 10.1. The maximum Gasteiger partial charge on any atom is 0.309 e. The van der Waals surface area contributed by atoms with Crippen LogP contribution in [-0.4, -0.2) is 13.1 Å². The van der Waals surface area contributed by atoms with Gasteiger partial charge < -0.3 is 4.74 Å². The zero-order valence-corrected chi connectivity index (χ0v) is 8.79. The molecule has 15 heavy (non-hydrogen) atoms. The Morgan fingerprint density at radius 1 is 1.53 bits per heavy atom. The first kappa shape index (κ1) is 11.4. The van der Waals surface area contributed by atoms with E-state index in [1.54, 1.807) is 24.3 Å². The van der Waals surface area contributed by atoms with Crippen molar-refractivity contribution in [2.45, 2.75) is 13.3 Å². The van der Waals surface area contributed by atoms with E-state index in [1.807, 2.05) is 6.92 Å². The highest BCUT2D eigenvalue weighted by Gasteiger charge is 1.99. The molecule has 0 spiro atoms. The average molecular weight is 208 g/mol. The number of carbonyl (C=O) groups is 1. The van der Waals surface area contributed by atoms with Gasteiger partial charge in [0.15, 0.2) is 0 Å². The third-order valence-corrected chi connectivity index (χ3v) is 1.96. The summed E-state index contributed by atoms with van der Waals surface area (Å²) in [6.45, 7) is 1.89. The van der Waals surface area contributed by atoms with Gasteiger partial charge >= 0.3 is 5.97 Å². The number of carbonyl (C=O) groups excluding carboxylic acids is 1. The molecule has 0 saturated heterocycles. The van der Waals surface area contributed by atoms with Crippen molar-refractivity contribution in [3.8, 4) is 0 Å². The van der Waals surface area contributed by atoms with Crippen LogP contribution in [0.3, 0.4) is 0 Å². The van der Waals surface area contributed by atoms with E-state index in [0.717, 1.165) is 5.56 Å². The number of rotatable bonds is 3. The van der Waals surface area contributed by atoms with Gasteiger partial charge in [0.25, 0.3) is 0 Å².